The Kier molecular flexibility index (Phi) is 4.90. The second-order valence-electron chi connectivity index (χ2n) is 6.90. The molecule has 1 unspecified atom stereocenters. The zero-order chi connectivity index (χ0) is 17.2. The first-order chi connectivity index (χ1) is 11.5. The van der Waals surface area contributed by atoms with Crippen LogP contribution in [0.25, 0.3) is 0 Å². The lowest BCUT2D eigenvalue weighted by Crippen LogP contribution is -2.63. The van der Waals surface area contributed by atoms with E-state index in [1.165, 1.54) is 5.56 Å². The van der Waals surface area contributed by atoms with Crippen LogP contribution in [0.4, 0.5) is 0 Å². The number of piperidine rings is 1. The summed E-state index contributed by atoms with van der Waals surface area (Å²) in [4.78, 5) is 28.0. The van der Waals surface area contributed by atoms with E-state index in [4.69, 9.17) is 4.74 Å². The molecule has 3 rings (SSSR count). The van der Waals surface area contributed by atoms with Crippen molar-refractivity contribution in [3.05, 3.63) is 35.9 Å². The standard InChI is InChI=1S/C19H26N2O3/c1-15-19(24-14-18(23)20(15)2)10-12-21(13-11-19)17(22)9-8-16-6-4-3-5-7-16/h3-7,15H,8-14H2,1-2H3. The zero-order valence-electron chi connectivity index (χ0n) is 14.5. The summed E-state index contributed by atoms with van der Waals surface area (Å²) in [5, 5.41) is 0. The van der Waals surface area contributed by atoms with E-state index in [0.29, 0.717) is 19.5 Å². The van der Waals surface area contributed by atoms with E-state index in [1.807, 2.05) is 37.1 Å². The Morgan fingerprint density at radius 1 is 1.25 bits per heavy atom. The van der Waals surface area contributed by atoms with Gasteiger partial charge in [0.2, 0.25) is 11.8 Å². The Bertz CT molecular complexity index is 594. The topological polar surface area (TPSA) is 49.9 Å². The van der Waals surface area contributed by atoms with Gasteiger partial charge in [0.1, 0.15) is 6.61 Å². The smallest absolute Gasteiger partial charge is 0.248 e. The van der Waals surface area contributed by atoms with Gasteiger partial charge in [-0.2, -0.15) is 0 Å². The number of benzene rings is 1. The predicted molar refractivity (Wildman–Crippen MR) is 91.5 cm³/mol. The highest BCUT2D eigenvalue weighted by atomic mass is 16.5. The van der Waals surface area contributed by atoms with Crippen LogP contribution in [0.15, 0.2) is 30.3 Å². The second kappa shape index (κ2) is 6.93. The molecule has 1 spiro atoms. The molecule has 0 bridgehead atoms. The van der Waals surface area contributed by atoms with Crippen LogP contribution in [0.2, 0.25) is 0 Å². The third kappa shape index (κ3) is 3.31. The van der Waals surface area contributed by atoms with Gasteiger partial charge < -0.3 is 14.5 Å². The highest BCUT2D eigenvalue weighted by Gasteiger charge is 2.47. The molecule has 0 aromatic heterocycles. The molecule has 2 amide bonds. The number of carbonyl (C=O) groups is 2. The highest BCUT2D eigenvalue weighted by molar-refractivity contribution is 5.78. The minimum Gasteiger partial charge on any atom is -0.363 e. The van der Waals surface area contributed by atoms with Gasteiger partial charge in [-0.1, -0.05) is 30.3 Å². The number of likely N-dealkylation sites (tertiary alicyclic amines) is 1. The van der Waals surface area contributed by atoms with E-state index in [-0.39, 0.29) is 30.1 Å². The van der Waals surface area contributed by atoms with Crippen molar-refractivity contribution in [3.63, 3.8) is 0 Å². The van der Waals surface area contributed by atoms with E-state index in [1.54, 1.807) is 4.90 Å². The largest absolute Gasteiger partial charge is 0.363 e. The van der Waals surface area contributed by atoms with E-state index >= 15 is 0 Å². The fourth-order valence-electron chi connectivity index (χ4n) is 3.75. The number of amides is 2. The summed E-state index contributed by atoms with van der Waals surface area (Å²) in [5.74, 6) is 0.246. The van der Waals surface area contributed by atoms with Gasteiger partial charge in [0.15, 0.2) is 0 Å². The first-order valence-corrected chi connectivity index (χ1v) is 8.73. The van der Waals surface area contributed by atoms with Gasteiger partial charge in [0.25, 0.3) is 0 Å². The average Bonchev–Trinajstić information content (AvgIpc) is 2.63. The van der Waals surface area contributed by atoms with Crippen molar-refractivity contribution in [3.8, 4) is 0 Å². The lowest BCUT2D eigenvalue weighted by Gasteiger charge is -2.50. The number of nitrogens with zero attached hydrogens (tertiary/aromatic N) is 2. The highest BCUT2D eigenvalue weighted by Crippen LogP contribution is 2.35. The monoisotopic (exact) mass is 330 g/mol. The van der Waals surface area contributed by atoms with Crippen LogP contribution in [-0.2, 0) is 20.7 Å². The minimum absolute atomic E-state index is 0.0366. The molecular weight excluding hydrogens is 304 g/mol. The maximum atomic E-state index is 12.5. The summed E-state index contributed by atoms with van der Waals surface area (Å²) >= 11 is 0. The molecule has 0 radical (unpaired) electrons. The third-order valence-corrected chi connectivity index (χ3v) is 5.65. The molecule has 0 saturated carbocycles. The maximum absolute atomic E-state index is 12.5. The molecule has 1 atom stereocenters. The van der Waals surface area contributed by atoms with Gasteiger partial charge in [-0.05, 0) is 31.7 Å². The van der Waals surface area contributed by atoms with E-state index in [2.05, 4.69) is 12.1 Å². The molecule has 130 valence electrons. The van der Waals surface area contributed by atoms with Gasteiger partial charge in [-0.3, -0.25) is 9.59 Å². The summed E-state index contributed by atoms with van der Waals surface area (Å²) in [6, 6.07) is 10.2. The van der Waals surface area contributed by atoms with Crippen molar-refractivity contribution in [2.24, 2.45) is 0 Å². The van der Waals surface area contributed by atoms with Gasteiger partial charge in [-0.25, -0.2) is 0 Å². The van der Waals surface area contributed by atoms with E-state index < -0.39 is 0 Å². The first-order valence-electron chi connectivity index (χ1n) is 8.73. The first kappa shape index (κ1) is 17.0. The molecule has 5 heteroatoms. The van der Waals surface area contributed by atoms with Crippen LogP contribution in [0.5, 0.6) is 0 Å². The molecular formula is C19H26N2O3. The normalized spacial score (nSPS) is 23.6. The molecule has 24 heavy (non-hydrogen) atoms. The summed E-state index contributed by atoms with van der Waals surface area (Å²) < 4.78 is 5.93. The number of hydrogen-bond acceptors (Lipinski definition) is 3. The second-order valence-corrected chi connectivity index (χ2v) is 6.90. The molecule has 2 heterocycles. The van der Waals surface area contributed by atoms with Gasteiger partial charge in [-0.15, -0.1) is 0 Å². The summed E-state index contributed by atoms with van der Waals surface area (Å²) in [6.45, 7) is 3.62. The molecule has 2 aliphatic heterocycles. The SMILES string of the molecule is CC1N(C)C(=O)COC12CCN(C(=O)CCc1ccccc1)CC2. The number of hydrogen-bond donors (Lipinski definition) is 0. The summed E-state index contributed by atoms with van der Waals surface area (Å²) in [6.07, 6.45) is 2.92. The number of morpholine rings is 1. The molecule has 2 aliphatic rings. The number of carbonyl (C=O) groups excluding carboxylic acids is 2. The molecule has 0 N–H and O–H groups in total. The van der Waals surface area contributed by atoms with Crippen LogP contribution in [0, 0.1) is 0 Å². The van der Waals surface area contributed by atoms with Crippen LogP contribution in [0.3, 0.4) is 0 Å². The van der Waals surface area contributed by atoms with Crippen LogP contribution in [0.1, 0.15) is 31.7 Å². The number of rotatable bonds is 3. The van der Waals surface area contributed by atoms with Gasteiger partial charge in [0, 0.05) is 26.6 Å². The molecule has 2 fully saturated rings. The van der Waals surface area contributed by atoms with Crippen molar-refractivity contribution >= 4 is 11.8 Å². The Morgan fingerprint density at radius 3 is 2.58 bits per heavy atom. The van der Waals surface area contributed by atoms with Crippen LogP contribution >= 0.6 is 0 Å². The summed E-state index contributed by atoms with van der Waals surface area (Å²) in [5.41, 5.74) is 0.905. The van der Waals surface area contributed by atoms with Crippen LogP contribution in [-0.4, -0.2) is 60.0 Å². The third-order valence-electron chi connectivity index (χ3n) is 5.65. The average molecular weight is 330 g/mol. The van der Waals surface area contributed by atoms with Crippen LogP contribution < -0.4 is 0 Å². The van der Waals surface area contributed by atoms with Crippen molar-refractivity contribution in [2.45, 2.75) is 44.2 Å². The molecule has 5 nitrogen and oxygen atoms in total. The van der Waals surface area contributed by atoms with Crippen molar-refractivity contribution in [2.75, 3.05) is 26.7 Å². The quantitative estimate of drug-likeness (QED) is 0.850. The van der Waals surface area contributed by atoms with Crippen molar-refractivity contribution in [1.29, 1.82) is 0 Å². The predicted octanol–water partition coefficient (Wildman–Crippen LogP) is 1.86. The lowest BCUT2D eigenvalue weighted by molar-refractivity contribution is -0.184. The minimum atomic E-state index is -0.293. The number of ether oxygens (including phenoxy) is 1. The Morgan fingerprint density at radius 2 is 1.92 bits per heavy atom. The van der Waals surface area contributed by atoms with Gasteiger partial charge in [0.05, 0.1) is 11.6 Å². The summed E-state index contributed by atoms with van der Waals surface area (Å²) in [7, 11) is 1.84. The zero-order valence-corrected chi connectivity index (χ0v) is 14.5. The lowest BCUT2D eigenvalue weighted by atomic mass is 9.82. The fraction of sp³-hybridized carbons (Fsp3) is 0.579. The Balaban J connectivity index is 1.53. The van der Waals surface area contributed by atoms with Crippen molar-refractivity contribution < 1.29 is 14.3 Å². The van der Waals surface area contributed by atoms with Crippen molar-refractivity contribution in [1.82, 2.24) is 9.80 Å². The molecule has 0 aliphatic carbocycles. The van der Waals surface area contributed by atoms with E-state index in [0.717, 1.165) is 19.3 Å². The Hall–Kier alpha value is -1.88. The molecule has 1 aromatic carbocycles. The molecule has 1 aromatic rings. The fourth-order valence-corrected chi connectivity index (χ4v) is 3.75. The van der Waals surface area contributed by atoms with Gasteiger partial charge >= 0.3 is 0 Å². The van der Waals surface area contributed by atoms with E-state index in [9.17, 15) is 9.59 Å². The number of aryl methyl sites for hydroxylation is 1. The number of likely N-dealkylation sites (N-methyl/N-ethyl adjacent to an activating group) is 1. The Labute approximate surface area is 143 Å². The molecule has 2 saturated heterocycles. The maximum Gasteiger partial charge on any atom is 0.248 e.